The maximum atomic E-state index is 12.5. The highest BCUT2D eigenvalue weighted by Crippen LogP contribution is 2.23. The Morgan fingerprint density at radius 3 is 2.83 bits per heavy atom. The van der Waals surface area contributed by atoms with Crippen molar-refractivity contribution in [3.63, 3.8) is 0 Å². The van der Waals surface area contributed by atoms with Crippen LogP contribution in [0.5, 0.6) is 0 Å². The zero-order chi connectivity index (χ0) is 20.4. The summed E-state index contributed by atoms with van der Waals surface area (Å²) in [6.07, 6.45) is 4.15. The lowest BCUT2D eigenvalue weighted by Crippen LogP contribution is -2.49. The SMILES string of the molecule is C=CC(=O)N1Cc2ccccc2CC1CNC(=O)Cc1ccc2c(cnn2C)c1. The Kier molecular flexibility index (Phi) is 5.16. The fraction of sp³-hybridized carbons (Fsp3) is 0.261. The van der Waals surface area contributed by atoms with Gasteiger partial charge in [-0.1, -0.05) is 36.9 Å². The van der Waals surface area contributed by atoms with Crippen LogP contribution in [0.25, 0.3) is 10.9 Å². The Bertz CT molecular complexity index is 1090. The highest BCUT2D eigenvalue weighted by atomic mass is 16.2. The van der Waals surface area contributed by atoms with Crippen molar-refractivity contribution >= 4 is 22.7 Å². The Morgan fingerprint density at radius 2 is 2.03 bits per heavy atom. The molecule has 0 bridgehead atoms. The van der Waals surface area contributed by atoms with E-state index in [1.165, 1.54) is 11.6 Å². The first-order valence-corrected chi connectivity index (χ1v) is 9.72. The summed E-state index contributed by atoms with van der Waals surface area (Å²) >= 11 is 0. The maximum Gasteiger partial charge on any atom is 0.246 e. The highest BCUT2D eigenvalue weighted by molar-refractivity contribution is 5.87. The molecule has 0 radical (unpaired) electrons. The lowest BCUT2D eigenvalue weighted by Gasteiger charge is -2.36. The molecule has 4 rings (SSSR count). The number of hydrogen-bond acceptors (Lipinski definition) is 3. The zero-order valence-corrected chi connectivity index (χ0v) is 16.5. The van der Waals surface area contributed by atoms with Crippen LogP contribution < -0.4 is 5.32 Å². The van der Waals surface area contributed by atoms with Gasteiger partial charge in [-0.2, -0.15) is 5.10 Å². The number of hydrogen-bond donors (Lipinski definition) is 1. The molecule has 1 atom stereocenters. The van der Waals surface area contributed by atoms with E-state index in [0.29, 0.717) is 19.5 Å². The van der Waals surface area contributed by atoms with E-state index in [2.05, 4.69) is 23.1 Å². The molecule has 1 unspecified atom stereocenters. The van der Waals surface area contributed by atoms with Gasteiger partial charge in [0.1, 0.15) is 0 Å². The van der Waals surface area contributed by atoms with Crippen molar-refractivity contribution in [1.82, 2.24) is 20.0 Å². The van der Waals surface area contributed by atoms with Crippen LogP contribution in [0.1, 0.15) is 16.7 Å². The number of amides is 2. The van der Waals surface area contributed by atoms with Gasteiger partial charge < -0.3 is 10.2 Å². The van der Waals surface area contributed by atoms with E-state index >= 15 is 0 Å². The van der Waals surface area contributed by atoms with Crippen molar-refractivity contribution < 1.29 is 9.59 Å². The van der Waals surface area contributed by atoms with E-state index in [9.17, 15) is 9.59 Å². The smallest absolute Gasteiger partial charge is 0.246 e. The molecular formula is C23H24N4O2. The number of aryl methyl sites for hydroxylation is 1. The zero-order valence-electron chi connectivity index (χ0n) is 16.5. The van der Waals surface area contributed by atoms with Crippen molar-refractivity contribution in [3.8, 4) is 0 Å². The number of rotatable bonds is 5. The van der Waals surface area contributed by atoms with Crippen LogP contribution in [-0.2, 0) is 36.0 Å². The van der Waals surface area contributed by atoms with Crippen molar-refractivity contribution in [1.29, 1.82) is 0 Å². The molecule has 0 spiro atoms. The van der Waals surface area contributed by atoms with Crippen LogP contribution in [0.15, 0.2) is 61.3 Å². The molecule has 6 nitrogen and oxygen atoms in total. The second kappa shape index (κ2) is 7.91. The lowest BCUT2D eigenvalue weighted by molar-refractivity contribution is -0.130. The molecule has 3 aromatic rings. The quantitative estimate of drug-likeness (QED) is 0.683. The van der Waals surface area contributed by atoms with Gasteiger partial charge in [0.05, 0.1) is 24.2 Å². The molecular weight excluding hydrogens is 364 g/mol. The lowest BCUT2D eigenvalue weighted by atomic mass is 9.93. The monoisotopic (exact) mass is 388 g/mol. The Labute approximate surface area is 169 Å². The summed E-state index contributed by atoms with van der Waals surface area (Å²) in [5.74, 6) is -0.168. The van der Waals surface area contributed by atoms with E-state index in [-0.39, 0.29) is 17.9 Å². The molecule has 1 aliphatic heterocycles. The largest absolute Gasteiger partial charge is 0.354 e. The first kappa shape index (κ1) is 18.9. The molecule has 0 saturated heterocycles. The first-order chi connectivity index (χ1) is 14.0. The van der Waals surface area contributed by atoms with Crippen LogP contribution in [0, 0.1) is 0 Å². The number of nitrogens with one attached hydrogen (secondary N) is 1. The van der Waals surface area contributed by atoms with Gasteiger partial charge in [0.2, 0.25) is 11.8 Å². The third-order valence-corrected chi connectivity index (χ3v) is 5.52. The second-order valence-electron chi connectivity index (χ2n) is 7.44. The van der Waals surface area contributed by atoms with Gasteiger partial charge in [0, 0.05) is 25.5 Å². The van der Waals surface area contributed by atoms with Crippen LogP contribution in [0.2, 0.25) is 0 Å². The molecule has 2 heterocycles. The Hall–Kier alpha value is -3.41. The average Bonchev–Trinajstić information content (AvgIpc) is 3.11. The van der Waals surface area contributed by atoms with Crippen LogP contribution in [0.3, 0.4) is 0 Å². The van der Waals surface area contributed by atoms with E-state index in [4.69, 9.17) is 0 Å². The van der Waals surface area contributed by atoms with Gasteiger partial charge in [-0.05, 0) is 41.3 Å². The van der Waals surface area contributed by atoms with Crippen molar-refractivity contribution in [3.05, 3.63) is 78.0 Å². The first-order valence-electron chi connectivity index (χ1n) is 9.72. The minimum absolute atomic E-state index is 0.0573. The second-order valence-corrected chi connectivity index (χ2v) is 7.44. The number of benzene rings is 2. The van der Waals surface area contributed by atoms with E-state index in [0.717, 1.165) is 28.5 Å². The van der Waals surface area contributed by atoms with Gasteiger partial charge in [-0.3, -0.25) is 14.3 Å². The summed E-state index contributed by atoms with van der Waals surface area (Å²) in [5.41, 5.74) is 4.35. The van der Waals surface area contributed by atoms with Gasteiger partial charge in [0.25, 0.3) is 0 Å². The molecule has 0 fully saturated rings. The molecule has 29 heavy (non-hydrogen) atoms. The van der Waals surface area contributed by atoms with Gasteiger partial charge >= 0.3 is 0 Å². The fourth-order valence-corrected chi connectivity index (χ4v) is 3.95. The minimum Gasteiger partial charge on any atom is -0.354 e. The molecule has 148 valence electrons. The van der Waals surface area contributed by atoms with E-state index < -0.39 is 0 Å². The predicted octanol–water partition coefficient (Wildman–Crippen LogP) is 2.37. The Balaban J connectivity index is 1.42. The van der Waals surface area contributed by atoms with E-state index in [1.54, 1.807) is 11.1 Å². The van der Waals surface area contributed by atoms with Gasteiger partial charge in [0.15, 0.2) is 0 Å². The van der Waals surface area contributed by atoms with Crippen molar-refractivity contribution in [2.45, 2.75) is 25.4 Å². The predicted molar refractivity (Wildman–Crippen MR) is 112 cm³/mol. The molecule has 2 amide bonds. The highest BCUT2D eigenvalue weighted by Gasteiger charge is 2.28. The Morgan fingerprint density at radius 1 is 1.24 bits per heavy atom. The van der Waals surface area contributed by atoms with E-state index in [1.807, 2.05) is 48.1 Å². The van der Waals surface area contributed by atoms with Crippen molar-refractivity contribution in [2.24, 2.45) is 7.05 Å². The van der Waals surface area contributed by atoms with Crippen LogP contribution in [0.4, 0.5) is 0 Å². The average molecular weight is 388 g/mol. The van der Waals surface area contributed by atoms with Gasteiger partial charge in [-0.25, -0.2) is 0 Å². The number of aromatic nitrogens is 2. The standard InChI is InChI=1S/C23H24N4O2/c1-3-23(29)27-15-18-7-5-4-6-17(18)12-20(27)14-24-22(28)11-16-8-9-21-19(10-16)13-25-26(21)2/h3-10,13,20H,1,11-12,14-15H2,2H3,(H,24,28). The molecule has 1 N–H and O–H groups in total. The summed E-state index contributed by atoms with van der Waals surface area (Å²) in [6.45, 7) is 4.58. The summed E-state index contributed by atoms with van der Waals surface area (Å²) in [7, 11) is 1.90. The molecule has 6 heteroatoms. The molecule has 0 aliphatic carbocycles. The molecule has 2 aromatic carbocycles. The maximum absolute atomic E-state index is 12.5. The summed E-state index contributed by atoms with van der Waals surface area (Å²) in [6, 6.07) is 14.0. The number of nitrogens with zero attached hydrogens (tertiary/aromatic N) is 3. The molecule has 1 aromatic heterocycles. The van der Waals surface area contributed by atoms with Gasteiger partial charge in [-0.15, -0.1) is 0 Å². The number of carbonyl (C=O) groups is 2. The summed E-state index contributed by atoms with van der Waals surface area (Å²) in [5, 5.41) is 8.26. The third kappa shape index (κ3) is 3.92. The number of fused-ring (bicyclic) bond motifs is 2. The minimum atomic E-state index is -0.110. The van der Waals surface area contributed by atoms with Crippen LogP contribution >= 0.6 is 0 Å². The fourth-order valence-electron chi connectivity index (χ4n) is 3.95. The third-order valence-electron chi connectivity index (χ3n) is 5.52. The summed E-state index contributed by atoms with van der Waals surface area (Å²) in [4.78, 5) is 26.7. The molecule has 0 saturated carbocycles. The van der Waals surface area contributed by atoms with Crippen LogP contribution in [-0.4, -0.2) is 39.1 Å². The topological polar surface area (TPSA) is 67.2 Å². The normalized spacial score (nSPS) is 15.8. The van der Waals surface area contributed by atoms with Crippen molar-refractivity contribution in [2.75, 3.05) is 6.54 Å². The summed E-state index contributed by atoms with van der Waals surface area (Å²) < 4.78 is 1.81. The molecule has 1 aliphatic rings. The number of carbonyl (C=O) groups excluding carboxylic acids is 2.